The lowest BCUT2D eigenvalue weighted by atomic mass is 9.89. The van der Waals surface area contributed by atoms with Crippen molar-refractivity contribution in [3.05, 3.63) is 29.8 Å². The summed E-state index contributed by atoms with van der Waals surface area (Å²) in [4.78, 5) is 11.9. The second kappa shape index (κ2) is 7.68. The molecule has 1 aromatic rings. The van der Waals surface area contributed by atoms with Crippen LogP contribution in [0.2, 0.25) is 0 Å². The van der Waals surface area contributed by atoms with Crippen molar-refractivity contribution in [1.29, 1.82) is 0 Å². The lowest BCUT2D eigenvalue weighted by Gasteiger charge is -2.19. The van der Waals surface area contributed by atoms with E-state index in [-0.39, 0.29) is 11.8 Å². The molecule has 2 rings (SSSR count). The smallest absolute Gasteiger partial charge is 0.243 e. The van der Waals surface area contributed by atoms with Crippen LogP contribution in [0.5, 0.6) is 5.75 Å². The first-order valence-electron chi connectivity index (χ1n) is 7.36. The Hall–Kier alpha value is -1.84. The quantitative estimate of drug-likeness (QED) is 0.662. The van der Waals surface area contributed by atoms with Crippen LogP contribution in [0.25, 0.3) is 0 Å². The Labute approximate surface area is 120 Å². The topological polar surface area (TPSA) is 50.7 Å². The minimum absolute atomic E-state index is 0.0369. The number of carbonyl (C=O) groups is 1. The van der Waals surface area contributed by atoms with Gasteiger partial charge in [0.1, 0.15) is 5.75 Å². The first kappa shape index (κ1) is 14.6. The molecule has 108 valence electrons. The molecule has 0 bridgehead atoms. The van der Waals surface area contributed by atoms with Crippen molar-refractivity contribution in [1.82, 2.24) is 5.43 Å². The summed E-state index contributed by atoms with van der Waals surface area (Å²) in [7, 11) is 0. The van der Waals surface area contributed by atoms with E-state index in [1.165, 1.54) is 6.42 Å². The van der Waals surface area contributed by atoms with E-state index in [0.29, 0.717) is 6.61 Å². The first-order chi connectivity index (χ1) is 9.81. The monoisotopic (exact) mass is 274 g/mol. The normalized spacial score (nSPS) is 16.2. The fourth-order valence-corrected chi connectivity index (χ4v) is 2.50. The molecule has 20 heavy (non-hydrogen) atoms. The van der Waals surface area contributed by atoms with E-state index in [2.05, 4.69) is 10.5 Å². The van der Waals surface area contributed by atoms with E-state index in [1.807, 2.05) is 31.2 Å². The third-order valence-corrected chi connectivity index (χ3v) is 3.57. The van der Waals surface area contributed by atoms with E-state index < -0.39 is 0 Å². The van der Waals surface area contributed by atoms with Gasteiger partial charge >= 0.3 is 0 Å². The predicted molar refractivity (Wildman–Crippen MR) is 79.9 cm³/mol. The fourth-order valence-electron chi connectivity index (χ4n) is 2.50. The maximum Gasteiger partial charge on any atom is 0.243 e. The molecule has 0 saturated heterocycles. The van der Waals surface area contributed by atoms with Crippen LogP contribution in [-0.2, 0) is 4.79 Å². The molecule has 0 atom stereocenters. The molecule has 0 aromatic heterocycles. The van der Waals surface area contributed by atoms with Crippen molar-refractivity contribution in [2.75, 3.05) is 6.61 Å². The minimum atomic E-state index is 0.0369. The second-order valence-corrected chi connectivity index (χ2v) is 5.04. The Morgan fingerprint density at radius 2 is 2.10 bits per heavy atom. The average Bonchev–Trinajstić information content (AvgIpc) is 2.50. The highest BCUT2D eigenvalue weighted by molar-refractivity contribution is 5.85. The van der Waals surface area contributed by atoms with E-state index in [1.54, 1.807) is 6.21 Å². The molecule has 0 unspecified atom stereocenters. The highest BCUT2D eigenvalue weighted by atomic mass is 16.5. The fraction of sp³-hybridized carbons (Fsp3) is 0.500. The zero-order chi connectivity index (χ0) is 14.2. The van der Waals surface area contributed by atoms with Crippen molar-refractivity contribution >= 4 is 12.1 Å². The zero-order valence-corrected chi connectivity index (χ0v) is 12.0. The summed E-state index contributed by atoms with van der Waals surface area (Å²) in [6.07, 6.45) is 7.15. The molecule has 0 heterocycles. The molecule has 1 aromatic carbocycles. The SMILES string of the molecule is CCOc1ccccc1C=NNC(=O)C1CCCCC1. The molecule has 4 nitrogen and oxygen atoms in total. The number of carbonyl (C=O) groups excluding carboxylic acids is 1. The second-order valence-electron chi connectivity index (χ2n) is 5.04. The maximum absolute atomic E-state index is 11.9. The van der Waals surface area contributed by atoms with Crippen LogP contribution in [0.15, 0.2) is 29.4 Å². The number of hydrogen-bond acceptors (Lipinski definition) is 3. The minimum Gasteiger partial charge on any atom is -0.493 e. The van der Waals surface area contributed by atoms with Gasteiger partial charge < -0.3 is 4.74 Å². The highest BCUT2D eigenvalue weighted by Gasteiger charge is 2.20. The van der Waals surface area contributed by atoms with Gasteiger partial charge in [-0.05, 0) is 31.9 Å². The Bertz CT molecular complexity index is 465. The number of hydrazone groups is 1. The number of benzene rings is 1. The summed E-state index contributed by atoms with van der Waals surface area (Å²) in [6.45, 7) is 2.55. The molecular formula is C16H22N2O2. The Balaban J connectivity index is 1.91. The number of para-hydroxylation sites is 1. The molecule has 1 saturated carbocycles. The number of rotatable bonds is 5. The summed E-state index contributed by atoms with van der Waals surface area (Å²) in [5.74, 6) is 0.948. The number of nitrogens with zero attached hydrogens (tertiary/aromatic N) is 1. The van der Waals surface area contributed by atoms with Gasteiger partial charge in [0.15, 0.2) is 0 Å². The Morgan fingerprint density at radius 3 is 2.85 bits per heavy atom. The van der Waals surface area contributed by atoms with Crippen LogP contribution < -0.4 is 10.2 Å². The van der Waals surface area contributed by atoms with Gasteiger partial charge in [-0.15, -0.1) is 0 Å². The lowest BCUT2D eigenvalue weighted by Crippen LogP contribution is -2.28. The zero-order valence-electron chi connectivity index (χ0n) is 12.0. The van der Waals surface area contributed by atoms with E-state index in [9.17, 15) is 4.79 Å². The van der Waals surface area contributed by atoms with Crippen molar-refractivity contribution < 1.29 is 9.53 Å². The van der Waals surface area contributed by atoms with Crippen molar-refractivity contribution in [3.63, 3.8) is 0 Å². The van der Waals surface area contributed by atoms with Gasteiger partial charge in [-0.3, -0.25) is 4.79 Å². The molecule has 4 heteroatoms. The van der Waals surface area contributed by atoms with Crippen LogP contribution >= 0.6 is 0 Å². The van der Waals surface area contributed by atoms with Crippen LogP contribution in [-0.4, -0.2) is 18.7 Å². The third kappa shape index (κ3) is 4.08. The standard InChI is InChI=1S/C16H22N2O2/c1-2-20-15-11-7-6-10-14(15)12-17-18-16(19)13-8-4-3-5-9-13/h6-7,10-13H,2-5,8-9H2,1H3,(H,18,19). The predicted octanol–water partition coefficient (Wildman–Crippen LogP) is 3.12. The van der Waals surface area contributed by atoms with Crippen LogP contribution in [0.3, 0.4) is 0 Å². The molecule has 0 aliphatic heterocycles. The molecule has 1 N–H and O–H groups in total. The molecule has 0 radical (unpaired) electrons. The van der Waals surface area contributed by atoms with Gasteiger partial charge in [-0.1, -0.05) is 31.4 Å². The van der Waals surface area contributed by atoms with Gasteiger partial charge in [0.25, 0.3) is 0 Å². The largest absolute Gasteiger partial charge is 0.493 e. The van der Waals surface area contributed by atoms with Crippen molar-refractivity contribution in [3.8, 4) is 5.75 Å². The number of nitrogens with one attached hydrogen (secondary N) is 1. The number of amides is 1. The molecule has 1 amide bonds. The average molecular weight is 274 g/mol. The third-order valence-electron chi connectivity index (χ3n) is 3.57. The van der Waals surface area contributed by atoms with Gasteiger partial charge in [0, 0.05) is 11.5 Å². The van der Waals surface area contributed by atoms with Gasteiger partial charge in [0.2, 0.25) is 5.91 Å². The van der Waals surface area contributed by atoms with Crippen LogP contribution in [0, 0.1) is 5.92 Å². The van der Waals surface area contributed by atoms with Crippen LogP contribution in [0.4, 0.5) is 0 Å². The van der Waals surface area contributed by atoms with Gasteiger partial charge in [-0.25, -0.2) is 5.43 Å². The number of hydrogen-bond donors (Lipinski definition) is 1. The molecular weight excluding hydrogens is 252 g/mol. The molecule has 1 aliphatic carbocycles. The van der Waals surface area contributed by atoms with E-state index >= 15 is 0 Å². The first-order valence-corrected chi connectivity index (χ1v) is 7.36. The molecule has 0 spiro atoms. The summed E-state index contributed by atoms with van der Waals surface area (Å²) >= 11 is 0. The summed E-state index contributed by atoms with van der Waals surface area (Å²) in [5.41, 5.74) is 3.52. The van der Waals surface area contributed by atoms with Gasteiger partial charge in [0.05, 0.1) is 12.8 Å². The van der Waals surface area contributed by atoms with E-state index in [4.69, 9.17) is 4.74 Å². The Morgan fingerprint density at radius 1 is 1.35 bits per heavy atom. The number of ether oxygens (including phenoxy) is 1. The summed E-state index contributed by atoms with van der Waals surface area (Å²) in [5, 5.41) is 4.06. The van der Waals surface area contributed by atoms with Crippen LogP contribution in [0.1, 0.15) is 44.6 Å². The Kier molecular flexibility index (Phi) is 5.59. The summed E-state index contributed by atoms with van der Waals surface area (Å²) < 4.78 is 5.51. The summed E-state index contributed by atoms with van der Waals surface area (Å²) in [6, 6.07) is 7.66. The molecule has 1 fully saturated rings. The van der Waals surface area contributed by atoms with Crippen molar-refractivity contribution in [2.24, 2.45) is 11.0 Å². The highest BCUT2D eigenvalue weighted by Crippen LogP contribution is 2.23. The van der Waals surface area contributed by atoms with E-state index in [0.717, 1.165) is 37.0 Å². The molecule has 1 aliphatic rings. The lowest BCUT2D eigenvalue weighted by molar-refractivity contribution is -0.125. The van der Waals surface area contributed by atoms with Gasteiger partial charge in [-0.2, -0.15) is 5.10 Å². The van der Waals surface area contributed by atoms with Crippen molar-refractivity contribution in [2.45, 2.75) is 39.0 Å². The maximum atomic E-state index is 11.9.